The minimum atomic E-state index is 0.694. The summed E-state index contributed by atoms with van der Waals surface area (Å²) < 4.78 is 5.23. The van der Waals surface area contributed by atoms with E-state index in [2.05, 4.69) is 24.1 Å². The Morgan fingerprint density at radius 1 is 1.38 bits per heavy atom. The molecule has 1 aromatic carbocycles. The molecule has 0 unspecified atom stereocenters. The van der Waals surface area contributed by atoms with Gasteiger partial charge >= 0.3 is 0 Å². The monoisotopic (exact) mass is 218 g/mol. The number of nitrogens with zero attached hydrogens (tertiary/aromatic N) is 1. The molecule has 0 spiro atoms. The summed E-state index contributed by atoms with van der Waals surface area (Å²) in [5, 5.41) is 0. The average molecular weight is 218 g/mol. The Morgan fingerprint density at radius 2 is 2.19 bits per heavy atom. The first kappa shape index (κ1) is 11.0. The molecule has 0 amide bonds. The lowest BCUT2D eigenvalue weighted by molar-refractivity contribution is 0.370. The Hall–Kier alpha value is -1.48. The van der Waals surface area contributed by atoms with Crippen LogP contribution in [-0.4, -0.2) is 32.1 Å². The second-order valence-corrected chi connectivity index (χ2v) is 4.20. The van der Waals surface area contributed by atoms with E-state index in [-0.39, 0.29) is 0 Å². The maximum atomic E-state index is 5.80. The maximum Gasteiger partial charge on any atom is 0.142 e. The molecule has 0 saturated carbocycles. The van der Waals surface area contributed by atoms with Crippen molar-refractivity contribution < 1.29 is 4.74 Å². The van der Waals surface area contributed by atoms with Crippen LogP contribution in [0.15, 0.2) is 24.3 Å². The van der Waals surface area contributed by atoms with Crippen molar-refractivity contribution in [2.45, 2.75) is 6.42 Å². The van der Waals surface area contributed by atoms with Crippen LogP contribution in [0.2, 0.25) is 0 Å². The smallest absolute Gasteiger partial charge is 0.142 e. The lowest BCUT2D eigenvalue weighted by atomic mass is 9.99. The number of likely N-dealkylation sites (N-methyl/N-ethyl adjacent to an activating group) is 1. The summed E-state index contributed by atoms with van der Waals surface area (Å²) >= 11 is 0. The van der Waals surface area contributed by atoms with Crippen LogP contribution in [0.3, 0.4) is 0 Å². The third kappa shape index (κ3) is 2.19. The highest BCUT2D eigenvalue weighted by molar-refractivity contribution is 5.70. The van der Waals surface area contributed by atoms with Crippen LogP contribution in [-0.2, 0) is 0 Å². The van der Waals surface area contributed by atoms with Gasteiger partial charge in [-0.2, -0.15) is 0 Å². The first-order chi connectivity index (χ1) is 7.70. The fourth-order valence-electron chi connectivity index (χ4n) is 1.94. The minimum Gasteiger partial charge on any atom is -0.495 e. The lowest BCUT2D eigenvalue weighted by Crippen LogP contribution is -2.23. The zero-order chi connectivity index (χ0) is 11.5. The number of anilines is 1. The van der Waals surface area contributed by atoms with Gasteiger partial charge in [-0.15, -0.1) is 0 Å². The van der Waals surface area contributed by atoms with Crippen molar-refractivity contribution in [2.24, 2.45) is 0 Å². The maximum absolute atomic E-state index is 5.80. The summed E-state index contributed by atoms with van der Waals surface area (Å²) in [6.45, 7) is 2.13. The third-order valence-corrected chi connectivity index (χ3v) is 3.02. The Kier molecular flexibility index (Phi) is 3.15. The van der Waals surface area contributed by atoms with Crippen molar-refractivity contribution in [2.75, 3.05) is 33.0 Å². The largest absolute Gasteiger partial charge is 0.495 e. The van der Waals surface area contributed by atoms with Gasteiger partial charge in [-0.3, -0.25) is 0 Å². The van der Waals surface area contributed by atoms with Gasteiger partial charge in [0, 0.05) is 13.1 Å². The molecule has 0 bridgehead atoms. The summed E-state index contributed by atoms with van der Waals surface area (Å²) in [5.74, 6) is 0.761. The van der Waals surface area contributed by atoms with Gasteiger partial charge in [0.25, 0.3) is 0 Å². The van der Waals surface area contributed by atoms with Crippen molar-refractivity contribution in [3.63, 3.8) is 0 Å². The molecule has 1 aliphatic rings. The van der Waals surface area contributed by atoms with Crippen molar-refractivity contribution in [1.82, 2.24) is 4.90 Å². The highest BCUT2D eigenvalue weighted by atomic mass is 16.5. The molecule has 86 valence electrons. The molecule has 3 heteroatoms. The number of hydrogen-bond donors (Lipinski definition) is 1. The van der Waals surface area contributed by atoms with Crippen molar-refractivity contribution >= 4 is 11.3 Å². The molecule has 1 aromatic rings. The lowest BCUT2D eigenvalue weighted by Gasteiger charge is -2.22. The van der Waals surface area contributed by atoms with Gasteiger partial charge < -0.3 is 15.4 Å². The van der Waals surface area contributed by atoms with Crippen molar-refractivity contribution in [3.05, 3.63) is 29.8 Å². The van der Waals surface area contributed by atoms with Crippen molar-refractivity contribution in [3.8, 4) is 5.75 Å². The molecule has 2 N–H and O–H groups in total. The molecule has 1 heterocycles. The number of methoxy groups -OCH3 is 1. The normalized spacial score (nSPS) is 17.0. The van der Waals surface area contributed by atoms with Gasteiger partial charge in [-0.1, -0.05) is 12.1 Å². The molecule has 0 fully saturated rings. The third-order valence-electron chi connectivity index (χ3n) is 3.02. The van der Waals surface area contributed by atoms with E-state index in [1.54, 1.807) is 7.11 Å². The zero-order valence-electron chi connectivity index (χ0n) is 9.86. The molecule has 3 nitrogen and oxygen atoms in total. The summed E-state index contributed by atoms with van der Waals surface area (Å²) in [5.41, 5.74) is 9.10. The van der Waals surface area contributed by atoms with Gasteiger partial charge in [0.15, 0.2) is 0 Å². The Morgan fingerprint density at radius 3 is 2.81 bits per heavy atom. The highest BCUT2D eigenvalue weighted by Gasteiger charge is 2.10. The number of rotatable bonds is 2. The minimum absolute atomic E-state index is 0.694. The van der Waals surface area contributed by atoms with E-state index < -0.39 is 0 Å². The molecular weight excluding hydrogens is 200 g/mol. The van der Waals surface area contributed by atoms with Gasteiger partial charge in [0.05, 0.1) is 12.8 Å². The Labute approximate surface area is 96.5 Å². The molecule has 0 atom stereocenters. The van der Waals surface area contributed by atoms with E-state index in [0.717, 1.165) is 25.3 Å². The van der Waals surface area contributed by atoms with Gasteiger partial charge in [-0.25, -0.2) is 0 Å². The molecule has 0 saturated heterocycles. The number of hydrogen-bond acceptors (Lipinski definition) is 3. The standard InChI is InChI=1S/C13H18N2O/c1-15-7-5-10(6-8-15)11-3-4-12(14)13(9-11)16-2/h3-5,9H,6-8,14H2,1-2H3. The van der Waals surface area contributed by atoms with Crippen LogP contribution in [0.25, 0.3) is 5.57 Å². The van der Waals surface area contributed by atoms with Crippen LogP contribution in [0, 0.1) is 0 Å². The Bertz CT molecular complexity index is 412. The molecular formula is C13H18N2O. The second kappa shape index (κ2) is 4.58. The first-order valence-electron chi connectivity index (χ1n) is 5.52. The first-order valence-corrected chi connectivity index (χ1v) is 5.52. The summed E-state index contributed by atoms with van der Waals surface area (Å²) in [4.78, 5) is 2.30. The van der Waals surface area contributed by atoms with E-state index in [9.17, 15) is 0 Å². The van der Waals surface area contributed by atoms with Crippen LogP contribution >= 0.6 is 0 Å². The number of ether oxygens (including phenoxy) is 1. The van der Waals surface area contributed by atoms with Crippen molar-refractivity contribution in [1.29, 1.82) is 0 Å². The van der Waals surface area contributed by atoms with Crippen LogP contribution in [0.1, 0.15) is 12.0 Å². The molecule has 16 heavy (non-hydrogen) atoms. The van der Waals surface area contributed by atoms with E-state index in [0.29, 0.717) is 5.69 Å². The molecule has 1 aliphatic heterocycles. The van der Waals surface area contributed by atoms with Gasteiger partial charge in [0.2, 0.25) is 0 Å². The summed E-state index contributed by atoms with van der Waals surface area (Å²) in [6, 6.07) is 5.99. The van der Waals surface area contributed by atoms with Gasteiger partial charge in [0.1, 0.15) is 5.75 Å². The predicted molar refractivity (Wildman–Crippen MR) is 67.5 cm³/mol. The molecule has 0 radical (unpaired) electrons. The topological polar surface area (TPSA) is 38.5 Å². The zero-order valence-corrected chi connectivity index (χ0v) is 9.86. The van der Waals surface area contributed by atoms with Crippen LogP contribution in [0.5, 0.6) is 5.75 Å². The molecule has 0 aliphatic carbocycles. The van der Waals surface area contributed by atoms with Crippen LogP contribution in [0.4, 0.5) is 5.69 Å². The summed E-state index contributed by atoms with van der Waals surface area (Å²) in [7, 11) is 3.79. The van der Waals surface area contributed by atoms with E-state index in [4.69, 9.17) is 10.5 Å². The highest BCUT2D eigenvalue weighted by Crippen LogP contribution is 2.28. The SMILES string of the molecule is COc1cc(C2=CCN(C)CC2)ccc1N. The second-order valence-electron chi connectivity index (χ2n) is 4.20. The molecule has 2 rings (SSSR count). The molecule has 0 aromatic heterocycles. The van der Waals surface area contributed by atoms with E-state index in [1.807, 2.05) is 12.1 Å². The fraction of sp³-hybridized carbons (Fsp3) is 0.385. The number of nitrogen functional groups attached to an aromatic ring is 1. The summed E-state index contributed by atoms with van der Waals surface area (Å²) in [6.07, 6.45) is 3.36. The van der Waals surface area contributed by atoms with E-state index >= 15 is 0 Å². The number of benzene rings is 1. The van der Waals surface area contributed by atoms with E-state index in [1.165, 1.54) is 11.1 Å². The average Bonchev–Trinajstić information content (AvgIpc) is 2.31. The van der Waals surface area contributed by atoms with Crippen LogP contribution < -0.4 is 10.5 Å². The van der Waals surface area contributed by atoms with Gasteiger partial charge in [-0.05, 0) is 36.7 Å². The fourth-order valence-corrected chi connectivity index (χ4v) is 1.94. The quantitative estimate of drug-likeness (QED) is 0.772. The Balaban J connectivity index is 2.27. The number of nitrogens with two attached hydrogens (primary N) is 1. The predicted octanol–water partition coefficient (Wildman–Crippen LogP) is 2.00.